The quantitative estimate of drug-likeness (QED) is 0.876. The molecule has 20 heavy (non-hydrogen) atoms. The van der Waals surface area contributed by atoms with E-state index in [1.54, 1.807) is 18.2 Å². The van der Waals surface area contributed by atoms with Gasteiger partial charge in [0.05, 0.1) is 18.5 Å². The lowest BCUT2D eigenvalue weighted by atomic mass is 10.2. The summed E-state index contributed by atoms with van der Waals surface area (Å²) < 4.78 is 4.52. The molecule has 0 aliphatic rings. The number of benzene rings is 1. The Hall–Kier alpha value is -1.95. The van der Waals surface area contributed by atoms with Crippen LogP contribution in [0, 0.1) is 0 Å². The first-order valence-electron chi connectivity index (χ1n) is 6.10. The van der Waals surface area contributed by atoms with Crippen LogP contribution in [0.1, 0.15) is 6.92 Å². The Balaban J connectivity index is 2.74. The lowest BCUT2D eigenvalue weighted by Gasteiger charge is -2.16. The van der Waals surface area contributed by atoms with Crippen LogP contribution < -0.4 is 10.6 Å². The Morgan fingerprint density at radius 2 is 2.05 bits per heavy atom. The van der Waals surface area contributed by atoms with Crippen molar-refractivity contribution in [2.45, 2.75) is 6.92 Å². The maximum atomic E-state index is 11.9. The normalized spacial score (nSPS) is 9.80. The Bertz CT molecular complexity index is 494. The van der Waals surface area contributed by atoms with Gasteiger partial charge in [-0.2, -0.15) is 0 Å². The number of carbonyl (C=O) groups is 2. The topological polar surface area (TPSA) is 70.7 Å². The minimum atomic E-state index is -0.571. The molecule has 0 aromatic heterocycles. The highest BCUT2D eigenvalue weighted by Gasteiger charge is 2.14. The molecule has 2 N–H and O–H groups in total. The fourth-order valence-electron chi connectivity index (χ4n) is 1.59. The first kappa shape index (κ1) is 16.1. The smallest absolute Gasteiger partial charge is 0.409 e. The summed E-state index contributed by atoms with van der Waals surface area (Å²) in [4.78, 5) is 24.3. The molecule has 0 heterocycles. The lowest BCUT2D eigenvalue weighted by Crippen LogP contribution is -2.34. The van der Waals surface area contributed by atoms with Crippen LogP contribution in [0.2, 0.25) is 5.02 Å². The van der Waals surface area contributed by atoms with Crippen molar-refractivity contribution in [2.24, 2.45) is 0 Å². The second-order valence-electron chi connectivity index (χ2n) is 4.09. The van der Waals surface area contributed by atoms with Gasteiger partial charge in [-0.3, -0.25) is 4.79 Å². The lowest BCUT2D eigenvalue weighted by molar-refractivity contribution is -0.116. The van der Waals surface area contributed by atoms with Crippen LogP contribution in [0.5, 0.6) is 0 Å². The van der Waals surface area contributed by atoms with E-state index in [1.807, 2.05) is 6.92 Å². The largest absolute Gasteiger partial charge is 0.453 e. The minimum absolute atomic E-state index is 0.106. The van der Waals surface area contributed by atoms with E-state index in [9.17, 15) is 9.59 Å². The average Bonchev–Trinajstić information content (AvgIpc) is 2.40. The highest BCUT2D eigenvalue weighted by molar-refractivity contribution is 6.31. The molecule has 2 amide bonds. The summed E-state index contributed by atoms with van der Waals surface area (Å²) in [6, 6.07) is 5.16. The highest BCUT2D eigenvalue weighted by Crippen LogP contribution is 2.25. The number of nitrogens with zero attached hydrogens (tertiary/aromatic N) is 1. The zero-order valence-corrected chi connectivity index (χ0v) is 12.5. The van der Waals surface area contributed by atoms with Crippen molar-refractivity contribution in [2.75, 3.05) is 37.9 Å². The first-order chi connectivity index (χ1) is 9.47. The number of ether oxygens (including phenoxy) is 1. The number of anilines is 2. The summed E-state index contributed by atoms with van der Waals surface area (Å²) in [5.41, 5.74) is 1.34. The molecule has 6 nitrogen and oxygen atoms in total. The fourth-order valence-corrected chi connectivity index (χ4v) is 1.76. The molecule has 110 valence electrons. The molecule has 0 spiro atoms. The number of hydrogen-bond acceptors (Lipinski definition) is 4. The van der Waals surface area contributed by atoms with E-state index in [4.69, 9.17) is 11.6 Å². The van der Waals surface area contributed by atoms with Crippen LogP contribution in [0.25, 0.3) is 0 Å². The predicted octanol–water partition coefficient (Wildman–Crippen LogP) is 2.41. The van der Waals surface area contributed by atoms with Gasteiger partial charge in [-0.1, -0.05) is 11.6 Å². The van der Waals surface area contributed by atoms with Crippen LogP contribution >= 0.6 is 11.6 Å². The van der Waals surface area contributed by atoms with Gasteiger partial charge in [0, 0.05) is 18.6 Å². The molecule has 0 aliphatic carbocycles. The van der Waals surface area contributed by atoms with Crippen molar-refractivity contribution >= 4 is 35.0 Å². The van der Waals surface area contributed by atoms with E-state index in [1.165, 1.54) is 19.1 Å². The number of hydrogen-bond donors (Lipinski definition) is 2. The van der Waals surface area contributed by atoms with Crippen LogP contribution in [0.4, 0.5) is 16.2 Å². The second-order valence-corrected chi connectivity index (χ2v) is 4.53. The minimum Gasteiger partial charge on any atom is -0.453 e. The van der Waals surface area contributed by atoms with E-state index >= 15 is 0 Å². The summed E-state index contributed by atoms with van der Waals surface area (Å²) >= 11 is 5.92. The molecule has 0 saturated heterocycles. The molecule has 0 bridgehead atoms. The van der Waals surface area contributed by atoms with Gasteiger partial charge >= 0.3 is 6.09 Å². The van der Waals surface area contributed by atoms with Crippen LogP contribution in [0.15, 0.2) is 18.2 Å². The number of methoxy groups -OCH3 is 1. The number of carbonyl (C=O) groups excluding carboxylic acids is 2. The molecule has 7 heteroatoms. The summed E-state index contributed by atoms with van der Waals surface area (Å²) in [6.07, 6.45) is -0.571. The Kier molecular flexibility index (Phi) is 6.11. The van der Waals surface area contributed by atoms with Crippen LogP contribution in [0.3, 0.4) is 0 Å². The molecule has 1 rings (SSSR count). The second kappa shape index (κ2) is 7.59. The monoisotopic (exact) mass is 299 g/mol. The Labute approximate surface area is 123 Å². The third-order valence-electron chi connectivity index (χ3n) is 2.49. The summed E-state index contributed by atoms with van der Waals surface area (Å²) in [7, 11) is 2.74. The summed E-state index contributed by atoms with van der Waals surface area (Å²) in [5.74, 6) is -0.334. The third kappa shape index (κ3) is 4.62. The molecule has 1 aromatic rings. The van der Waals surface area contributed by atoms with Crippen molar-refractivity contribution in [1.82, 2.24) is 4.90 Å². The molecular formula is C13H18ClN3O3. The van der Waals surface area contributed by atoms with Crippen LogP contribution in [-0.4, -0.2) is 44.1 Å². The van der Waals surface area contributed by atoms with Gasteiger partial charge in [0.25, 0.3) is 0 Å². The maximum Gasteiger partial charge on any atom is 0.409 e. The van der Waals surface area contributed by atoms with E-state index in [2.05, 4.69) is 15.4 Å². The average molecular weight is 300 g/mol. The van der Waals surface area contributed by atoms with Crippen LogP contribution in [-0.2, 0) is 9.53 Å². The van der Waals surface area contributed by atoms with Gasteiger partial charge in [-0.05, 0) is 25.1 Å². The van der Waals surface area contributed by atoms with Gasteiger partial charge in [0.15, 0.2) is 0 Å². The predicted molar refractivity (Wildman–Crippen MR) is 79.3 cm³/mol. The molecule has 0 saturated carbocycles. The standard InChI is InChI=1S/C13H18ClN3O3/c1-4-15-10-6-5-9(14)7-11(10)16-12(18)8-17(2)13(19)20-3/h5-7,15H,4,8H2,1-3H3,(H,16,18). The number of nitrogens with one attached hydrogen (secondary N) is 2. The number of amides is 2. The van der Waals surface area contributed by atoms with Gasteiger partial charge in [0.1, 0.15) is 6.54 Å². The van der Waals surface area contributed by atoms with Gasteiger partial charge in [-0.25, -0.2) is 4.79 Å². The number of rotatable bonds is 5. The molecule has 0 unspecified atom stereocenters. The van der Waals surface area contributed by atoms with E-state index in [0.29, 0.717) is 17.3 Å². The van der Waals surface area contributed by atoms with Gasteiger partial charge in [0.2, 0.25) is 5.91 Å². The van der Waals surface area contributed by atoms with Crippen molar-refractivity contribution < 1.29 is 14.3 Å². The third-order valence-corrected chi connectivity index (χ3v) is 2.73. The van der Waals surface area contributed by atoms with E-state index in [0.717, 1.165) is 5.69 Å². The van der Waals surface area contributed by atoms with Crippen molar-refractivity contribution in [1.29, 1.82) is 0 Å². The zero-order chi connectivity index (χ0) is 15.1. The molecule has 0 radical (unpaired) electrons. The van der Waals surface area contributed by atoms with Crippen molar-refractivity contribution in [3.8, 4) is 0 Å². The molecule has 0 fully saturated rings. The Morgan fingerprint density at radius 1 is 1.35 bits per heavy atom. The molecular weight excluding hydrogens is 282 g/mol. The van der Waals surface area contributed by atoms with Crippen molar-refractivity contribution in [3.05, 3.63) is 23.2 Å². The van der Waals surface area contributed by atoms with Gasteiger partial charge in [-0.15, -0.1) is 0 Å². The summed E-state index contributed by atoms with van der Waals surface area (Å²) in [5, 5.41) is 6.34. The van der Waals surface area contributed by atoms with Gasteiger partial charge < -0.3 is 20.3 Å². The zero-order valence-electron chi connectivity index (χ0n) is 11.7. The SMILES string of the molecule is CCNc1ccc(Cl)cc1NC(=O)CN(C)C(=O)OC. The van der Waals surface area contributed by atoms with E-state index < -0.39 is 6.09 Å². The van der Waals surface area contributed by atoms with E-state index in [-0.39, 0.29) is 12.5 Å². The number of halogens is 1. The first-order valence-corrected chi connectivity index (χ1v) is 6.48. The molecule has 0 atom stereocenters. The van der Waals surface area contributed by atoms with Crippen molar-refractivity contribution in [3.63, 3.8) is 0 Å². The highest BCUT2D eigenvalue weighted by atomic mass is 35.5. The molecule has 1 aromatic carbocycles. The number of likely N-dealkylation sites (N-methyl/N-ethyl adjacent to an activating group) is 1. The fraction of sp³-hybridized carbons (Fsp3) is 0.385. The molecule has 0 aliphatic heterocycles. The summed E-state index contributed by atoms with van der Waals surface area (Å²) in [6.45, 7) is 2.56. The maximum absolute atomic E-state index is 11.9. The Morgan fingerprint density at radius 3 is 2.65 bits per heavy atom.